The molecular formula is C18H28N2O. The largest absolute Gasteiger partial charge is 0.493 e. The second kappa shape index (κ2) is 8.05. The molecule has 0 radical (unpaired) electrons. The van der Waals surface area contributed by atoms with Gasteiger partial charge in [-0.3, -0.25) is 0 Å². The van der Waals surface area contributed by atoms with Crippen molar-refractivity contribution in [1.29, 1.82) is 5.26 Å². The number of hydrogen-bond donors (Lipinski definition) is 1. The van der Waals surface area contributed by atoms with Gasteiger partial charge in [0.1, 0.15) is 5.75 Å². The minimum Gasteiger partial charge on any atom is -0.493 e. The van der Waals surface area contributed by atoms with Crippen molar-refractivity contribution in [3.63, 3.8) is 0 Å². The Morgan fingerprint density at radius 3 is 2.33 bits per heavy atom. The van der Waals surface area contributed by atoms with Crippen LogP contribution in [0.4, 0.5) is 0 Å². The lowest BCUT2D eigenvalue weighted by atomic mass is 9.89. The third-order valence-electron chi connectivity index (χ3n) is 3.65. The van der Waals surface area contributed by atoms with Gasteiger partial charge in [0, 0.05) is 6.54 Å². The number of nitrogens with one attached hydrogen (secondary N) is 1. The Morgan fingerprint density at radius 1 is 1.19 bits per heavy atom. The number of aryl methyl sites for hydroxylation is 2. The average Bonchev–Trinajstić information content (AvgIpc) is 2.41. The van der Waals surface area contributed by atoms with Crippen molar-refractivity contribution < 1.29 is 4.74 Å². The lowest BCUT2D eigenvalue weighted by Gasteiger charge is -2.16. The highest BCUT2D eigenvalue weighted by Crippen LogP contribution is 2.26. The first kappa shape index (κ1) is 17.5. The van der Waals surface area contributed by atoms with Gasteiger partial charge in [-0.1, -0.05) is 12.1 Å². The number of unbranched alkanes of at least 4 members (excludes halogenated alkanes) is 1. The molecule has 0 saturated heterocycles. The normalized spacial score (nSPS) is 11.2. The van der Waals surface area contributed by atoms with Gasteiger partial charge < -0.3 is 10.1 Å². The molecule has 3 nitrogen and oxygen atoms in total. The molecule has 3 heteroatoms. The lowest BCUT2D eigenvalue weighted by molar-refractivity contribution is 0.291. The molecule has 1 aromatic carbocycles. The Bertz CT molecular complexity index is 477. The topological polar surface area (TPSA) is 45.0 Å². The molecule has 0 bridgehead atoms. The monoisotopic (exact) mass is 288 g/mol. The Kier molecular flexibility index (Phi) is 6.71. The van der Waals surface area contributed by atoms with E-state index in [-0.39, 0.29) is 5.41 Å². The average molecular weight is 288 g/mol. The van der Waals surface area contributed by atoms with Gasteiger partial charge in [0.2, 0.25) is 0 Å². The molecule has 0 saturated carbocycles. The second-order valence-corrected chi connectivity index (χ2v) is 6.39. The Balaban J connectivity index is 2.48. The van der Waals surface area contributed by atoms with Crippen molar-refractivity contribution in [2.24, 2.45) is 5.41 Å². The predicted molar refractivity (Wildman–Crippen MR) is 87.4 cm³/mol. The van der Waals surface area contributed by atoms with Crippen molar-refractivity contribution in [3.05, 3.63) is 28.8 Å². The Morgan fingerprint density at radius 2 is 1.81 bits per heavy atom. The Hall–Kier alpha value is -1.53. The van der Waals surface area contributed by atoms with Crippen molar-refractivity contribution in [1.82, 2.24) is 5.32 Å². The van der Waals surface area contributed by atoms with Gasteiger partial charge in [-0.25, -0.2) is 0 Å². The number of benzene rings is 1. The molecule has 0 aliphatic heterocycles. The molecule has 0 heterocycles. The third kappa shape index (κ3) is 5.77. The highest BCUT2D eigenvalue weighted by molar-refractivity contribution is 5.43. The number of hydrogen-bond acceptors (Lipinski definition) is 3. The molecule has 0 aliphatic carbocycles. The van der Waals surface area contributed by atoms with E-state index in [4.69, 9.17) is 10.00 Å². The molecule has 116 valence electrons. The minimum absolute atomic E-state index is 0.222. The van der Waals surface area contributed by atoms with Gasteiger partial charge >= 0.3 is 0 Å². The fourth-order valence-electron chi connectivity index (χ4n) is 2.47. The molecule has 0 atom stereocenters. The summed E-state index contributed by atoms with van der Waals surface area (Å²) in [6.07, 6.45) is 2.94. The van der Waals surface area contributed by atoms with Crippen molar-refractivity contribution >= 4 is 0 Å². The number of ether oxygens (including phenoxy) is 1. The summed E-state index contributed by atoms with van der Waals surface area (Å²) in [5.41, 5.74) is 3.45. The van der Waals surface area contributed by atoms with Crippen LogP contribution >= 0.6 is 0 Å². The first-order valence-corrected chi connectivity index (χ1v) is 7.68. The molecule has 21 heavy (non-hydrogen) atoms. The number of nitrogens with zero attached hydrogens (tertiary/aromatic N) is 1. The fourth-order valence-corrected chi connectivity index (χ4v) is 2.47. The van der Waals surface area contributed by atoms with Gasteiger partial charge in [0.15, 0.2) is 0 Å². The SMILES string of the molecule is CNCc1cc(C)c(OCCCCC(C)(C)C#N)c(C)c1. The second-order valence-electron chi connectivity index (χ2n) is 6.39. The van der Waals surface area contributed by atoms with Crippen LogP contribution in [0.1, 0.15) is 49.8 Å². The van der Waals surface area contributed by atoms with Crippen LogP contribution in [0.3, 0.4) is 0 Å². The molecule has 0 aromatic heterocycles. The van der Waals surface area contributed by atoms with E-state index < -0.39 is 0 Å². The highest BCUT2D eigenvalue weighted by Gasteiger charge is 2.15. The molecule has 0 spiro atoms. The molecule has 1 N–H and O–H groups in total. The first-order chi connectivity index (χ1) is 9.89. The van der Waals surface area contributed by atoms with E-state index >= 15 is 0 Å². The Labute approximate surface area is 129 Å². The van der Waals surface area contributed by atoms with Gasteiger partial charge in [0.25, 0.3) is 0 Å². The number of rotatable bonds is 8. The maximum atomic E-state index is 8.98. The van der Waals surface area contributed by atoms with Gasteiger partial charge in [-0.15, -0.1) is 0 Å². The predicted octanol–water partition coefficient (Wildman–Crippen LogP) is 4.12. The van der Waals surface area contributed by atoms with E-state index in [0.717, 1.165) is 31.6 Å². The molecule has 1 aromatic rings. The summed E-state index contributed by atoms with van der Waals surface area (Å²) in [4.78, 5) is 0. The quantitative estimate of drug-likeness (QED) is 0.732. The summed E-state index contributed by atoms with van der Waals surface area (Å²) >= 11 is 0. The summed E-state index contributed by atoms with van der Waals surface area (Å²) in [7, 11) is 1.96. The summed E-state index contributed by atoms with van der Waals surface area (Å²) in [6, 6.07) is 6.70. The highest BCUT2D eigenvalue weighted by atomic mass is 16.5. The molecule has 0 aliphatic rings. The van der Waals surface area contributed by atoms with Crippen LogP contribution in [0.5, 0.6) is 5.75 Å². The van der Waals surface area contributed by atoms with Gasteiger partial charge in [-0.2, -0.15) is 5.26 Å². The van der Waals surface area contributed by atoms with E-state index in [1.54, 1.807) is 0 Å². The van der Waals surface area contributed by atoms with Crippen LogP contribution in [0.2, 0.25) is 0 Å². The van der Waals surface area contributed by atoms with Crippen LogP contribution in [0.25, 0.3) is 0 Å². The zero-order valence-electron chi connectivity index (χ0n) is 14.0. The van der Waals surface area contributed by atoms with Crippen LogP contribution in [0.15, 0.2) is 12.1 Å². The summed E-state index contributed by atoms with van der Waals surface area (Å²) in [5, 5.41) is 12.2. The van der Waals surface area contributed by atoms with Crippen LogP contribution in [0, 0.1) is 30.6 Å². The van der Waals surface area contributed by atoms with Crippen LogP contribution < -0.4 is 10.1 Å². The van der Waals surface area contributed by atoms with E-state index in [0.29, 0.717) is 6.61 Å². The lowest BCUT2D eigenvalue weighted by Crippen LogP contribution is -2.09. The standard InChI is InChI=1S/C18H28N2O/c1-14-10-16(12-20-5)11-15(2)17(14)21-9-7-6-8-18(3,4)13-19/h10-11,20H,6-9,12H2,1-5H3. The molecule has 0 unspecified atom stereocenters. The van der Waals surface area contributed by atoms with Crippen LogP contribution in [-0.4, -0.2) is 13.7 Å². The maximum absolute atomic E-state index is 8.98. The van der Waals surface area contributed by atoms with E-state index in [1.165, 1.54) is 16.7 Å². The van der Waals surface area contributed by atoms with Crippen LogP contribution in [-0.2, 0) is 6.54 Å². The summed E-state index contributed by atoms with van der Waals surface area (Å²) < 4.78 is 5.95. The molecule has 1 rings (SSSR count). The van der Waals surface area contributed by atoms with Gasteiger partial charge in [0.05, 0.1) is 18.1 Å². The first-order valence-electron chi connectivity index (χ1n) is 7.68. The maximum Gasteiger partial charge on any atom is 0.125 e. The van der Waals surface area contributed by atoms with Crippen molar-refractivity contribution in [2.45, 2.75) is 53.5 Å². The zero-order chi connectivity index (χ0) is 15.9. The molecular weight excluding hydrogens is 260 g/mol. The van der Waals surface area contributed by atoms with E-state index in [1.807, 2.05) is 20.9 Å². The summed E-state index contributed by atoms with van der Waals surface area (Å²) in [5.74, 6) is 1.01. The van der Waals surface area contributed by atoms with E-state index in [2.05, 4.69) is 37.4 Å². The van der Waals surface area contributed by atoms with Gasteiger partial charge in [-0.05, 0) is 70.7 Å². The smallest absolute Gasteiger partial charge is 0.125 e. The fraction of sp³-hybridized carbons (Fsp3) is 0.611. The van der Waals surface area contributed by atoms with E-state index in [9.17, 15) is 0 Å². The third-order valence-corrected chi connectivity index (χ3v) is 3.65. The minimum atomic E-state index is -0.222. The molecule has 0 fully saturated rings. The zero-order valence-corrected chi connectivity index (χ0v) is 14.0. The number of nitriles is 1. The summed E-state index contributed by atoms with van der Waals surface area (Å²) in [6.45, 7) is 9.77. The van der Waals surface area contributed by atoms with Crippen molar-refractivity contribution in [2.75, 3.05) is 13.7 Å². The van der Waals surface area contributed by atoms with Crippen molar-refractivity contribution in [3.8, 4) is 11.8 Å². The molecule has 0 amide bonds.